The van der Waals surface area contributed by atoms with Crippen molar-refractivity contribution in [1.82, 2.24) is 24.3 Å². The number of imidazole rings is 1. The monoisotopic (exact) mass is 498 g/mol. The number of aromatic nitrogens is 5. The zero-order chi connectivity index (χ0) is 23.5. The number of hydrogen-bond donors (Lipinski definition) is 1. The fourth-order valence-electron chi connectivity index (χ4n) is 4.30. The quantitative estimate of drug-likeness (QED) is 0.368. The third kappa shape index (κ3) is 4.53. The van der Waals surface area contributed by atoms with Gasteiger partial charge in [0.05, 0.1) is 42.3 Å². The zero-order valence-electron chi connectivity index (χ0n) is 19.0. The first-order chi connectivity index (χ1) is 16.7. The van der Waals surface area contributed by atoms with Crippen molar-refractivity contribution in [1.29, 1.82) is 0 Å². The lowest BCUT2D eigenvalue weighted by Crippen LogP contribution is -2.38. The minimum Gasteiger partial charge on any atom is -0.395 e. The number of rotatable bonds is 8. The van der Waals surface area contributed by atoms with Crippen LogP contribution in [0.3, 0.4) is 0 Å². The van der Waals surface area contributed by atoms with Crippen LogP contribution in [0.25, 0.3) is 16.7 Å². The molecule has 1 N–H and O–H groups in total. The maximum Gasteiger partial charge on any atom is 0.232 e. The lowest BCUT2D eigenvalue weighted by Gasteiger charge is -2.28. The van der Waals surface area contributed by atoms with Crippen LogP contribution in [0.2, 0.25) is 5.02 Å². The molecule has 0 saturated carbocycles. The number of aryl methyl sites for hydroxylation is 1. The highest BCUT2D eigenvalue weighted by molar-refractivity contribution is 7.98. The van der Waals surface area contributed by atoms with Gasteiger partial charge in [-0.3, -0.25) is 4.57 Å². The molecular weight excluding hydrogens is 472 g/mol. The number of aliphatic hydroxyl groups is 1. The maximum atomic E-state index is 9.64. The van der Waals surface area contributed by atoms with E-state index in [-0.39, 0.29) is 6.61 Å². The van der Waals surface area contributed by atoms with E-state index in [0.717, 1.165) is 53.2 Å². The van der Waals surface area contributed by atoms with E-state index in [4.69, 9.17) is 21.3 Å². The van der Waals surface area contributed by atoms with E-state index >= 15 is 0 Å². The number of fused-ring (bicyclic) bond motifs is 1. The number of hydrogen-bond acceptors (Lipinski definition) is 7. The van der Waals surface area contributed by atoms with E-state index in [2.05, 4.69) is 50.9 Å². The van der Waals surface area contributed by atoms with Crippen molar-refractivity contribution in [3.8, 4) is 5.69 Å². The van der Waals surface area contributed by atoms with Crippen molar-refractivity contribution >= 4 is 40.3 Å². The second kappa shape index (κ2) is 10.4. The van der Waals surface area contributed by atoms with E-state index < -0.39 is 0 Å². The highest BCUT2D eigenvalue weighted by atomic mass is 35.5. The molecule has 5 rings (SSSR count). The Morgan fingerprint density at radius 2 is 1.94 bits per heavy atom. The van der Waals surface area contributed by atoms with Crippen molar-refractivity contribution in [3.05, 3.63) is 58.9 Å². The fourth-order valence-corrected chi connectivity index (χ4v) is 5.35. The second-order valence-electron chi connectivity index (χ2n) is 8.02. The molecule has 0 bridgehead atoms. The Morgan fingerprint density at radius 3 is 2.74 bits per heavy atom. The number of halogens is 1. The van der Waals surface area contributed by atoms with Crippen LogP contribution in [-0.4, -0.2) is 62.3 Å². The molecule has 3 heterocycles. The maximum absolute atomic E-state index is 9.64. The van der Waals surface area contributed by atoms with Crippen LogP contribution >= 0.6 is 23.4 Å². The van der Waals surface area contributed by atoms with Crippen LogP contribution in [-0.2, 0) is 23.5 Å². The second-order valence-corrected chi connectivity index (χ2v) is 9.40. The summed E-state index contributed by atoms with van der Waals surface area (Å²) in [5.74, 6) is 2.28. The number of nitrogens with zero attached hydrogens (tertiary/aromatic N) is 6. The first kappa shape index (κ1) is 23.2. The molecule has 0 atom stereocenters. The molecule has 4 aromatic rings. The number of morpholine rings is 1. The molecule has 0 amide bonds. The molecule has 178 valence electrons. The normalized spacial score (nSPS) is 14.3. The van der Waals surface area contributed by atoms with Crippen LogP contribution in [0, 0.1) is 0 Å². The molecule has 10 heteroatoms. The van der Waals surface area contributed by atoms with Gasteiger partial charge in [-0.05, 0) is 36.2 Å². The average Bonchev–Trinajstić information content (AvgIpc) is 3.44. The van der Waals surface area contributed by atoms with E-state index in [0.29, 0.717) is 30.5 Å². The average molecular weight is 499 g/mol. The van der Waals surface area contributed by atoms with Gasteiger partial charge in [0, 0.05) is 24.7 Å². The fraction of sp³-hybridized carbons (Fsp3) is 0.375. The number of para-hydroxylation sites is 1. The van der Waals surface area contributed by atoms with E-state index in [9.17, 15) is 5.11 Å². The lowest BCUT2D eigenvalue weighted by molar-refractivity contribution is 0.122. The molecule has 0 aliphatic carbocycles. The third-order valence-electron chi connectivity index (χ3n) is 5.97. The molecule has 0 spiro atoms. The highest BCUT2D eigenvalue weighted by Crippen LogP contribution is 2.32. The Hall–Kier alpha value is -2.59. The van der Waals surface area contributed by atoms with Crippen molar-refractivity contribution in [2.45, 2.75) is 30.8 Å². The Balaban J connectivity index is 1.52. The summed E-state index contributed by atoms with van der Waals surface area (Å²) in [7, 11) is 0. The number of thioether (sulfide) groups is 1. The number of aliphatic hydroxyl groups excluding tert-OH is 1. The van der Waals surface area contributed by atoms with Gasteiger partial charge in [-0.15, -0.1) is 10.2 Å². The minimum atomic E-state index is 0.0247. The van der Waals surface area contributed by atoms with Gasteiger partial charge in [0.2, 0.25) is 5.95 Å². The van der Waals surface area contributed by atoms with Gasteiger partial charge in [0.25, 0.3) is 0 Å². The Bertz CT molecular complexity index is 1280. The van der Waals surface area contributed by atoms with Crippen LogP contribution in [0.5, 0.6) is 0 Å². The summed E-state index contributed by atoms with van der Waals surface area (Å²) in [6, 6.07) is 14.0. The summed E-state index contributed by atoms with van der Waals surface area (Å²) < 4.78 is 9.74. The Morgan fingerprint density at radius 1 is 1.12 bits per heavy atom. The van der Waals surface area contributed by atoms with Crippen LogP contribution in [0.1, 0.15) is 18.3 Å². The van der Waals surface area contributed by atoms with Crippen molar-refractivity contribution in [2.24, 2.45) is 0 Å². The van der Waals surface area contributed by atoms with Gasteiger partial charge in [-0.1, -0.05) is 48.5 Å². The molecule has 1 aliphatic rings. The number of ether oxygens (including phenoxy) is 1. The SMILES string of the molecule is CCc1ccccc1-n1c(SCc2nc3ccc(Cl)cc3n2CCO)nnc1N1CCOCC1. The summed E-state index contributed by atoms with van der Waals surface area (Å²) in [5, 5.41) is 20.3. The zero-order valence-corrected chi connectivity index (χ0v) is 20.6. The smallest absolute Gasteiger partial charge is 0.232 e. The molecule has 0 radical (unpaired) electrons. The largest absolute Gasteiger partial charge is 0.395 e. The van der Waals surface area contributed by atoms with Crippen LogP contribution in [0.15, 0.2) is 47.6 Å². The Labute approximate surface area is 207 Å². The summed E-state index contributed by atoms with van der Waals surface area (Å²) in [6.45, 7) is 5.56. The summed E-state index contributed by atoms with van der Waals surface area (Å²) in [6.07, 6.45) is 0.911. The molecular formula is C24H27ClN6O2S. The summed E-state index contributed by atoms with van der Waals surface area (Å²) in [5.41, 5.74) is 4.11. The topological polar surface area (TPSA) is 81.2 Å². The number of anilines is 1. The molecule has 1 fully saturated rings. The predicted octanol–water partition coefficient (Wildman–Crippen LogP) is 3.95. The van der Waals surface area contributed by atoms with Gasteiger partial charge in [0.15, 0.2) is 5.16 Å². The van der Waals surface area contributed by atoms with Crippen molar-refractivity contribution in [2.75, 3.05) is 37.8 Å². The summed E-state index contributed by atoms with van der Waals surface area (Å²) in [4.78, 5) is 7.04. The standard InChI is InChI=1S/C24H27ClN6O2S/c1-2-17-5-3-4-6-20(17)31-23(29-10-13-33-14-11-29)27-28-24(31)34-16-22-26-19-8-7-18(25)15-21(19)30(22)9-12-32/h3-8,15,32H,2,9-14,16H2,1H3. The lowest BCUT2D eigenvalue weighted by atomic mass is 10.1. The van der Waals surface area contributed by atoms with Gasteiger partial charge in [0.1, 0.15) is 5.82 Å². The minimum absolute atomic E-state index is 0.0247. The molecule has 0 unspecified atom stereocenters. The third-order valence-corrected chi connectivity index (χ3v) is 7.13. The molecule has 8 nitrogen and oxygen atoms in total. The van der Waals surface area contributed by atoms with Gasteiger partial charge < -0.3 is 19.3 Å². The van der Waals surface area contributed by atoms with Crippen molar-refractivity contribution < 1.29 is 9.84 Å². The molecule has 34 heavy (non-hydrogen) atoms. The summed E-state index contributed by atoms with van der Waals surface area (Å²) >= 11 is 7.81. The first-order valence-corrected chi connectivity index (χ1v) is 12.8. The highest BCUT2D eigenvalue weighted by Gasteiger charge is 2.23. The molecule has 2 aromatic heterocycles. The van der Waals surface area contributed by atoms with E-state index in [1.807, 2.05) is 22.8 Å². The van der Waals surface area contributed by atoms with Crippen LogP contribution < -0.4 is 4.90 Å². The first-order valence-electron chi connectivity index (χ1n) is 11.4. The van der Waals surface area contributed by atoms with Gasteiger partial charge >= 0.3 is 0 Å². The van der Waals surface area contributed by atoms with E-state index in [1.165, 1.54) is 5.56 Å². The van der Waals surface area contributed by atoms with Gasteiger partial charge in [-0.25, -0.2) is 4.98 Å². The van der Waals surface area contributed by atoms with Crippen LogP contribution in [0.4, 0.5) is 5.95 Å². The number of benzene rings is 2. The molecule has 1 aliphatic heterocycles. The molecule has 1 saturated heterocycles. The Kier molecular flexibility index (Phi) is 7.05. The molecule has 2 aromatic carbocycles. The predicted molar refractivity (Wildman–Crippen MR) is 135 cm³/mol. The van der Waals surface area contributed by atoms with Crippen molar-refractivity contribution in [3.63, 3.8) is 0 Å². The van der Waals surface area contributed by atoms with Gasteiger partial charge in [-0.2, -0.15) is 0 Å². The van der Waals surface area contributed by atoms with E-state index in [1.54, 1.807) is 11.8 Å².